The van der Waals surface area contributed by atoms with Gasteiger partial charge in [0.15, 0.2) is 17.5 Å². The van der Waals surface area contributed by atoms with E-state index in [2.05, 4.69) is 144 Å². The minimum Gasteiger partial charge on any atom is -0.309 e. The van der Waals surface area contributed by atoms with Crippen molar-refractivity contribution in [2.45, 2.75) is 0 Å². The highest BCUT2D eigenvalue weighted by atomic mass is 15.0. The molecule has 0 atom stereocenters. The van der Waals surface area contributed by atoms with Crippen molar-refractivity contribution in [2.75, 3.05) is 0 Å². The molecule has 61 heavy (non-hydrogen) atoms. The highest BCUT2D eigenvalue weighted by molar-refractivity contribution is 6.11. The first-order chi connectivity index (χ1) is 30.2. The maximum Gasteiger partial charge on any atom is 0.164 e. The van der Waals surface area contributed by atoms with Gasteiger partial charge >= 0.3 is 0 Å². The molecule has 0 N–H and O–H groups in total. The number of rotatable bonds is 8. The standard InChI is InChI=1S/C56H37N5/c1-5-15-38(16-6-1)43-27-32-52-49(35-43)50-36-44(39-17-7-2-8-18-39)28-33-53(50)61(52)46-29-24-40(25-30-46)48-37-45(51-23-13-14-34-57-51)26-31-47(48)56-59-54(41-19-9-3-10-20-41)58-55(60-56)42-21-11-4-12-22-42/h1-37H. The van der Waals surface area contributed by atoms with Crippen molar-refractivity contribution in [1.82, 2.24) is 24.5 Å². The SMILES string of the molecule is c1ccc(-c2ccc3c(c2)c2cc(-c4ccccc4)ccc2n3-c2ccc(-c3cc(-c4ccccn4)ccc3-c3nc(-c4ccccc4)nc(-c4ccccc4)n3)cc2)cc1. The lowest BCUT2D eigenvalue weighted by Gasteiger charge is -2.15. The van der Waals surface area contributed by atoms with Gasteiger partial charge in [-0.05, 0) is 94.0 Å². The summed E-state index contributed by atoms with van der Waals surface area (Å²) < 4.78 is 2.38. The fourth-order valence-electron chi connectivity index (χ4n) is 8.31. The van der Waals surface area contributed by atoms with Crippen LogP contribution in [0.15, 0.2) is 225 Å². The van der Waals surface area contributed by atoms with E-state index >= 15 is 0 Å². The molecule has 286 valence electrons. The maximum absolute atomic E-state index is 5.13. The van der Waals surface area contributed by atoms with E-state index in [9.17, 15) is 0 Å². The zero-order valence-electron chi connectivity index (χ0n) is 33.1. The molecular formula is C56H37N5. The van der Waals surface area contributed by atoms with Crippen molar-refractivity contribution >= 4 is 21.8 Å². The van der Waals surface area contributed by atoms with E-state index in [0.29, 0.717) is 17.5 Å². The Kier molecular flexibility index (Phi) is 9.10. The predicted molar refractivity (Wildman–Crippen MR) is 250 cm³/mol. The Balaban J connectivity index is 1.08. The molecule has 0 saturated carbocycles. The van der Waals surface area contributed by atoms with Crippen molar-refractivity contribution in [3.8, 4) is 84.5 Å². The molecule has 0 radical (unpaired) electrons. The van der Waals surface area contributed by atoms with Gasteiger partial charge in [0.2, 0.25) is 0 Å². The average Bonchev–Trinajstić information content (AvgIpc) is 3.68. The Morgan fingerprint density at radius 3 is 1.26 bits per heavy atom. The van der Waals surface area contributed by atoms with Crippen molar-refractivity contribution in [3.05, 3.63) is 225 Å². The first kappa shape index (κ1) is 35.8. The number of pyridine rings is 1. The molecule has 0 bridgehead atoms. The van der Waals surface area contributed by atoms with Crippen LogP contribution in [0.25, 0.3) is 106 Å². The number of fused-ring (bicyclic) bond motifs is 3. The monoisotopic (exact) mass is 779 g/mol. The van der Waals surface area contributed by atoms with Gasteiger partial charge in [0, 0.05) is 44.9 Å². The quantitative estimate of drug-likeness (QED) is 0.154. The van der Waals surface area contributed by atoms with Crippen molar-refractivity contribution in [1.29, 1.82) is 0 Å². The molecule has 0 aliphatic carbocycles. The zero-order valence-corrected chi connectivity index (χ0v) is 33.1. The number of hydrogen-bond acceptors (Lipinski definition) is 4. The van der Waals surface area contributed by atoms with E-state index in [1.54, 1.807) is 0 Å². The molecule has 8 aromatic carbocycles. The molecule has 5 nitrogen and oxygen atoms in total. The Labute approximate surface area is 354 Å². The predicted octanol–water partition coefficient (Wildman–Crippen LogP) is 14.0. The largest absolute Gasteiger partial charge is 0.309 e. The third-order valence-electron chi connectivity index (χ3n) is 11.3. The molecule has 0 unspecified atom stereocenters. The second-order valence-corrected chi connectivity index (χ2v) is 15.1. The highest BCUT2D eigenvalue weighted by Crippen LogP contribution is 2.39. The Morgan fingerprint density at radius 2 is 0.754 bits per heavy atom. The van der Waals surface area contributed by atoms with E-state index in [1.807, 2.05) is 85.1 Å². The van der Waals surface area contributed by atoms with Gasteiger partial charge < -0.3 is 4.57 Å². The summed E-state index contributed by atoms with van der Waals surface area (Å²) in [4.78, 5) is 19.9. The van der Waals surface area contributed by atoms with Crippen LogP contribution >= 0.6 is 0 Å². The third-order valence-corrected chi connectivity index (χ3v) is 11.3. The van der Waals surface area contributed by atoms with E-state index in [4.69, 9.17) is 19.9 Å². The number of hydrogen-bond donors (Lipinski definition) is 0. The van der Waals surface area contributed by atoms with E-state index in [-0.39, 0.29) is 0 Å². The lowest BCUT2D eigenvalue weighted by Crippen LogP contribution is -2.01. The zero-order chi connectivity index (χ0) is 40.5. The minimum atomic E-state index is 0.602. The first-order valence-corrected chi connectivity index (χ1v) is 20.5. The van der Waals surface area contributed by atoms with Crippen molar-refractivity contribution in [2.24, 2.45) is 0 Å². The summed E-state index contributed by atoms with van der Waals surface area (Å²) >= 11 is 0. The molecule has 11 aromatic rings. The summed E-state index contributed by atoms with van der Waals surface area (Å²) in [5.41, 5.74) is 14.9. The van der Waals surface area contributed by atoms with Gasteiger partial charge in [-0.2, -0.15) is 0 Å². The van der Waals surface area contributed by atoms with Crippen molar-refractivity contribution < 1.29 is 0 Å². The van der Waals surface area contributed by atoms with Gasteiger partial charge in [-0.3, -0.25) is 4.98 Å². The summed E-state index contributed by atoms with van der Waals surface area (Å²) in [6, 6.07) is 76.4. The molecule has 0 spiro atoms. The van der Waals surface area contributed by atoms with Crippen LogP contribution in [0.2, 0.25) is 0 Å². The Hall–Kier alpha value is -8.28. The molecule has 3 aromatic heterocycles. The highest BCUT2D eigenvalue weighted by Gasteiger charge is 2.19. The topological polar surface area (TPSA) is 56.5 Å². The van der Waals surface area contributed by atoms with Crippen LogP contribution in [-0.2, 0) is 0 Å². The molecule has 0 aliphatic rings. The van der Waals surface area contributed by atoms with Crippen molar-refractivity contribution in [3.63, 3.8) is 0 Å². The van der Waals surface area contributed by atoms with Gasteiger partial charge in [0.1, 0.15) is 0 Å². The number of nitrogens with zero attached hydrogens (tertiary/aromatic N) is 5. The summed E-state index contributed by atoms with van der Waals surface area (Å²) in [7, 11) is 0. The van der Waals surface area contributed by atoms with Gasteiger partial charge in [0.25, 0.3) is 0 Å². The normalized spacial score (nSPS) is 11.3. The lowest BCUT2D eigenvalue weighted by molar-refractivity contribution is 1.07. The summed E-state index contributed by atoms with van der Waals surface area (Å²) in [6.45, 7) is 0. The number of aromatic nitrogens is 5. The second-order valence-electron chi connectivity index (χ2n) is 15.1. The molecular weight excluding hydrogens is 743 g/mol. The fourth-order valence-corrected chi connectivity index (χ4v) is 8.31. The smallest absolute Gasteiger partial charge is 0.164 e. The fraction of sp³-hybridized carbons (Fsp3) is 0. The average molecular weight is 780 g/mol. The van der Waals surface area contributed by atoms with Crippen LogP contribution < -0.4 is 0 Å². The molecule has 0 aliphatic heterocycles. The van der Waals surface area contributed by atoms with Gasteiger partial charge in [0.05, 0.1) is 16.7 Å². The van der Waals surface area contributed by atoms with E-state index in [1.165, 1.54) is 33.0 Å². The van der Waals surface area contributed by atoms with Crippen LogP contribution in [-0.4, -0.2) is 24.5 Å². The van der Waals surface area contributed by atoms with Crippen LogP contribution in [0.3, 0.4) is 0 Å². The van der Waals surface area contributed by atoms with Crippen LogP contribution in [0, 0.1) is 0 Å². The molecule has 11 rings (SSSR count). The van der Waals surface area contributed by atoms with Crippen LogP contribution in [0.5, 0.6) is 0 Å². The first-order valence-electron chi connectivity index (χ1n) is 20.5. The summed E-state index contributed by atoms with van der Waals surface area (Å²) in [5.74, 6) is 1.85. The third kappa shape index (κ3) is 6.84. The lowest BCUT2D eigenvalue weighted by atomic mass is 9.95. The molecule has 5 heteroatoms. The molecule has 0 saturated heterocycles. The Morgan fingerprint density at radius 1 is 0.295 bits per heavy atom. The minimum absolute atomic E-state index is 0.602. The maximum atomic E-state index is 5.13. The second kappa shape index (κ2) is 15.5. The van der Waals surface area contributed by atoms with Gasteiger partial charge in [-0.1, -0.05) is 158 Å². The van der Waals surface area contributed by atoms with Crippen LogP contribution in [0.1, 0.15) is 0 Å². The summed E-state index contributed by atoms with van der Waals surface area (Å²) in [5, 5.41) is 2.42. The molecule has 3 heterocycles. The van der Waals surface area contributed by atoms with Crippen LogP contribution in [0.4, 0.5) is 0 Å². The summed E-state index contributed by atoms with van der Waals surface area (Å²) in [6.07, 6.45) is 1.83. The number of benzene rings is 8. The van der Waals surface area contributed by atoms with E-state index in [0.717, 1.165) is 55.8 Å². The van der Waals surface area contributed by atoms with E-state index < -0.39 is 0 Å². The van der Waals surface area contributed by atoms with Gasteiger partial charge in [-0.15, -0.1) is 0 Å². The molecule has 0 fully saturated rings. The van der Waals surface area contributed by atoms with Gasteiger partial charge in [-0.25, -0.2) is 15.0 Å². The molecule has 0 amide bonds. The Bertz CT molecular complexity index is 3160.